The molecule has 0 radical (unpaired) electrons. The summed E-state index contributed by atoms with van der Waals surface area (Å²) >= 11 is 0. The first-order valence-corrected chi connectivity index (χ1v) is 9.99. The van der Waals surface area contributed by atoms with Gasteiger partial charge in [0.25, 0.3) is 5.91 Å². The number of benzene rings is 1. The van der Waals surface area contributed by atoms with Crippen molar-refractivity contribution in [3.05, 3.63) is 71.5 Å². The first-order valence-electron chi connectivity index (χ1n) is 8.34. The summed E-state index contributed by atoms with van der Waals surface area (Å²) in [5.74, 6) is -0.179. The highest BCUT2D eigenvalue weighted by Gasteiger charge is 2.45. The SMILES string of the molecule is CCC(=O)NC1=NC=CS1(c1cccnc1)N1Cc2ccccc2C1=O. The van der Waals surface area contributed by atoms with E-state index in [1.54, 1.807) is 25.5 Å². The number of hydrogen-bond donors (Lipinski definition) is 1. The molecule has 2 aliphatic rings. The molecule has 1 aromatic heterocycles. The third-order valence-electron chi connectivity index (χ3n) is 4.44. The van der Waals surface area contributed by atoms with E-state index in [4.69, 9.17) is 0 Å². The number of rotatable bonds is 3. The zero-order valence-corrected chi connectivity index (χ0v) is 15.1. The van der Waals surface area contributed by atoms with Crippen molar-refractivity contribution >= 4 is 27.2 Å². The molecule has 26 heavy (non-hydrogen) atoms. The number of carbonyl (C=O) groups excluding carboxylic acids is 2. The number of fused-ring (bicyclic) bond motifs is 1. The third-order valence-corrected chi connectivity index (χ3v) is 7.70. The van der Waals surface area contributed by atoms with Gasteiger partial charge in [0.05, 0.1) is 6.54 Å². The Morgan fingerprint density at radius 1 is 1.27 bits per heavy atom. The monoisotopic (exact) mass is 366 g/mol. The predicted molar refractivity (Wildman–Crippen MR) is 101 cm³/mol. The maximum atomic E-state index is 13.2. The fraction of sp³-hybridized carbons (Fsp3) is 0.158. The maximum Gasteiger partial charge on any atom is 0.263 e. The number of pyridine rings is 1. The minimum absolute atomic E-state index is 0.0514. The first-order chi connectivity index (χ1) is 12.7. The average Bonchev–Trinajstić information content (AvgIpc) is 3.24. The summed E-state index contributed by atoms with van der Waals surface area (Å²) < 4.78 is 1.83. The van der Waals surface area contributed by atoms with Gasteiger partial charge < -0.3 is 5.32 Å². The molecule has 1 aromatic carbocycles. The number of hydrogen-bond acceptors (Lipinski definition) is 4. The van der Waals surface area contributed by atoms with Gasteiger partial charge in [-0.2, -0.15) is 0 Å². The van der Waals surface area contributed by atoms with Crippen LogP contribution in [0.25, 0.3) is 0 Å². The molecule has 1 atom stereocenters. The van der Waals surface area contributed by atoms with Crippen molar-refractivity contribution in [3.63, 3.8) is 0 Å². The fourth-order valence-electron chi connectivity index (χ4n) is 3.14. The Balaban J connectivity index is 1.84. The Morgan fingerprint density at radius 3 is 2.85 bits per heavy atom. The van der Waals surface area contributed by atoms with Gasteiger partial charge in [-0.3, -0.25) is 18.9 Å². The molecule has 7 heteroatoms. The molecule has 2 aromatic rings. The summed E-state index contributed by atoms with van der Waals surface area (Å²) in [6.45, 7) is 2.26. The molecule has 0 fully saturated rings. The van der Waals surface area contributed by atoms with Crippen molar-refractivity contribution < 1.29 is 9.59 Å². The molecule has 3 heterocycles. The minimum atomic E-state index is -2.12. The lowest BCUT2D eigenvalue weighted by Crippen LogP contribution is -2.40. The van der Waals surface area contributed by atoms with Crippen LogP contribution in [0.2, 0.25) is 0 Å². The number of aliphatic imine (C=N–C) groups is 1. The van der Waals surface area contributed by atoms with E-state index in [0.717, 1.165) is 10.5 Å². The van der Waals surface area contributed by atoms with Crippen LogP contribution in [0.3, 0.4) is 0 Å². The van der Waals surface area contributed by atoms with Gasteiger partial charge in [-0.25, -0.2) is 4.99 Å². The van der Waals surface area contributed by atoms with Crippen molar-refractivity contribution in [3.8, 4) is 0 Å². The summed E-state index contributed by atoms with van der Waals surface area (Å²) in [5.41, 5.74) is 1.68. The van der Waals surface area contributed by atoms with E-state index in [2.05, 4.69) is 15.3 Å². The smallest absolute Gasteiger partial charge is 0.263 e. The second kappa shape index (κ2) is 6.42. The van der Waals surface area contributed by atoms with Gasteiger partial charge in [-0.1, -0.05) is 35.3 Å². The van der Waals surface area contributed by atoms with E-state index in [0.29, 0.717) is 23.7 Å². The zero-order chi connectivity index (χ0) is 18.1. The molecule has 1 unspecified atom stereocenters. The Morgan fingerprint density at radius 2 is 2.12 bits per heavy atom. The maximum absolute atomic E-state index is 13.2. The molecule has 0 bridgehead atoms. The van der Waals surface area contributed by atoms with Gasteiger partial charge in [0.15, 0.2) is 5.17 Å². The summed E-state index contributed by atoms with van der Waals surface area (Å²) in [7, 11) is -2.12. The summed E-state index contributed by atoms with van der Waals surface area (Å²) in [5, 5.41) is 5.35. The van der Waals surface area contributed by atoms with Crippen LogP contribution >= 0.6 is 10.2 Å². The van der Waals surface area contributed by atoms with Gasteiger partial charge >= 0.3 is 0 Å². The largest absolute Gasteiger partial charge is 0.305 e. The molecular formula is C19H18N4O2S. The number of amides is 2. The lowest BCUT2D eigenvalue weighted by atomic mass is 10.1. The molecule has 2 amide bonds. The van der Waals surface area contributed by atoms with Gasteiger partial charge in [-0.15, -0.1) is 0 Å². The van der Waals surface area contributed by atoms with E-state index < -0.39 is 10.2 Å². The average molecular weight is 366 g/mol. The topological polar surface area (TPSA) is 74.7 Å². The molecule has 4 rings (SSSR count). The van der Waals surface area contributed by atoms with E-state index >= 15 is 0 Å². The van der Waals surface area contributed by atoms with E-state index in [1.807, 2.05) is 46.1 Å². The Labute approximate surface area is 153 Å². The van der Waals surface area contributed by atoms with Crippen LogP contribution < -0.4 is 5.32 Å². The number of nitrogens with zero attached hydrogens (tertiary/aromatic N) is 3. The van der Waals surface area contributed by atoms with E-state index in [9.17, 15) is 9.59 Å². The molecule has 132 valence electrons. The highest BCUT2D eigenvalue weighted by atomic mass is 32.3. The van der Waals surface area contributed by atoms with Gasteiger partial charge in [0.2, 0.25) is 5.91 Å². The van der Waals surface area contributed by atoms with Crippen LogP contribution in [0.15, 0.2) is 70.3 Å². The van der Waals surface area contributed by atoms with Crippen LogP contribution in [-0.2, 0) is 11.3 Å². The summed E-state index contributed by atoms with van der Waals surface area (Å²) in [6, 6.07) is 11.4. The molecular weight excluding hydrogens is 348 g/mol. The third kappa shape index (κ3) is 2.43. The normalized spacial score (nSPS) is 23.3. The number of carbonyl (C=O) groups is 2. The van der Waals surface area contributed by atoms with Crippen molar-refractivity contribution in [1.82, 2.24) is 14.6 Å². The first kappa shape index (κ1) is 16.5. The van der Waals surface area contributed by atoms with Crippen LogP contribution in [-0.4, -0.2) is 26.3 Å². The molecule has 0 saturated heterocycles. The van der Waals surface area contributed by atoms with E-state index in [1.165, 1.54) is 0 Å². The lowest BCUT2D eigenvalue weighted by Gasteiger charge is -2.42. The Hall–Kier alpha value is -2.93. The highest BCUT2D eigenvalue weighted by molar-refractivity contribution is 8.46. The summed E-state index contributed by atoms with van der Waals surface area (Å²) in [4.78, 5) is 34.8. The Bertz CT molecular complexity index is 942. The predicted octanol–water partition coefficient (Wildman–Crippen LogP) is 3.18. The standard InChI is InChI=1S/C19H18N4O2S/c1-2-17(24)22-19-21-10-11-26(19,15-7-5-9-20-12-15)23-13-14-6-3-4-8-16(14)18(23)25/h3-12H,2,13H2,1H3,(H,21,22,24). The van der Waals surface area contributed by atoms with Gasteiger partial charge in [0, 0.05) is 40.9 Å². The lowest BCUT2D eigenvalue weighted by molar-refractivity contribution is -0.119. The van der Waals surface area contributed by atoms with Crippen LogP contribution in [0, 0.1) is 0 Å². The molecule has 6 nitrogen and oxygen atoms in total. The molecule has 2 aliphatic heterocycles. The second-order valence-electron chi connectivity index (χ2n) is 5.93. The van der Waals surface area contributed by atoms with Crippen molar-refractivity contribution in [2.75, 3.05) is 0 Å². The second-order valence-corrected chi connectivity index (χ2v) is 8.76. The number of nitrogens with one attached hydrogen (secondary N) is 1. The quantitative estimate of drug-likeness (QED) is 0.906. The van der Waals surface area contributed by atoms with Crippen molar-refractivity contribution in [1.29, 1.82) is 0 Å². The van der Waals surface area contributed by atoms with Crippen LogP contribution in [0.1, 0.15) is 29.3 Å². The zero-order valence-electron chi connectivity index (χ0n) is 14.3. The minimum Gasteiger partial charge on any atom is -0.305 e. The number of amidine groups is 1. The molecule has 0 saturated carbocycles. The van der Waals surface area contributed by atoms with Crippen LogP contribution in [0.5, 0.6) is 0 Å². The van der Waals surface area contributed by atoms with Crippen molar-refractivity contribution in [2.24, 2.45) is 4.99 Å². The van der Waals surface area contributed by atoms with Gasteiger partial charge in [0.1, 0.15) is 0 Å². The summed E-state index contributed by atoms with van der Waals surface area (Å²) in [6.07, 6.45) is 5.45. The molecule has 0 aliphatic carbocycles. The Kier molecular flexibility index (Phi) is 4.08. The van der Waals surface area contributed by atoms with Crippen LogP contribution in [0.4, 0.5) is 0 Å². The molecule has 1 N–H and O–H groups in total. The number of aromatic nitrogens is 1. The van der Waals surface area contributed by atoms with Crippen molar-refractivity contribution in [2.45, 2.75) is 24.8 Å². The van der Waals surface area contributed by atoms with Gasteiger partial charge in [-0.05, 0) is 23.8 Å². The van der Waals surface area contributed by atoms with E-state index in [-0.39, 0.29) is 11.8 Å². The fourth-order valence-corrected chi connectivity index (χ4v) is 6.19. The molecule has 0 spiro atoms. The highest BCUT2D eigenvalue weighted by Crippen LogP contribution is 2.64.